The van der Waals surface area contributed by atoms with Crippen molar-refractivity contribution in [2.45, 2.75) is 18.9 Å². The monoisotopic (exact) mass is 157 g/mol. The van der Waals surface area contributed by atoms with Gasteiger partial charge in [-0.05, 0) is 19.6 Å². The number of aliphatic imine (C=N–C) groups is 1. The van der Waals surface area contributed by atoms with E-state index in [1.165, 1.54) is 0 Å². The van der Waals surface area contributed by atoms with E-state index in [1.54, 1.807) is 0 Å². The summed E-state index contributed by atoms with van der Waals surface area (Å²) in [5, 5.41) is 19.9. The fourth-order valence-corrected chi connectivity index (χ4v) is 0.538. The molecule has 0 spiro atoms. The molecule has 0 aliphatic rings. The molecule has 5 heteroatoms. The van der Waals surface area contributed by atoms with Crippen LogP contribution in [0.5, 0.6) is 0 Å². The molecule has 1 unspecified atom stereocenters. The number of carbonyl (C=O) groups is 2. The lowest BCUT2D eigenvalue weighted by Gasteiger charge is -2.12. The largest absolute Gasteiger partial charge is 0.550 e. The SMILES string of the molecule is C=NC(CCC(=O)[O-])C(=O)[O-]. The Morgan fingerprint density at radius 3 is 2.27 bits per heavy atom. The van der Waals surface area contributed by atoms with Gasteiger partial charge in [0.05, 0.1) is 12.0 Å². The summed E-state index contributed by atoms with van der Waals surface area (Å²) in [5.74, 6) is -2.72. The van der Waals surface area contributed by atoms with E-state index in [0.29, 0.717) is 0 Å². The maximum atomic E-state index is 10.1. The predicted octanol–water partition coefficient (Wildman–Crippen LogP) is -2.66. The van der Waals surface area contributed by atoms with Gasteiger partial charge in [-0.25, -0.2) is 0 Å². The van der Waals surface area contributed by atoms with E-state index in [2.05, 4.69) is 11.7 Å². The topological polar surface area (TPSA) is 92.6 Å². The van der Waals surface area contributed by atoms with Crippen molar-refractivity contribution in [3.05, 3.63) is 0 Å². The van der Waals surface area contributed by atoms with E-state index in [-0.39, 0.29) is 12.8 Å². The number of nitrogens with zero attached hydrogens (tertiary/aromatic N) is 1. The number of carboxylic acid groups (broad SMARTS) is 2. The molecule has 0 aromatic carbocycles. The van der Waals surface area contributed by atoms with Gasteiger partial charge >= 0.3 is 0 Å². The Bertz CT molecular complexity index is 177. The van der Waals surface area contributed by atoms with Gasteiger partial charge < -0.3 is 19.8 Å². The second kappa shape index (κ2) is 4.43. The highest BCUT2D eigenvalue weighted by Crippen LogP contribution is 1.98. The average molecular weight is 157 g/mol. The van der Waals surface area contributed by atoms with E-state index < -0.39 is 18.0 Å². The summed E-state index contributed by atoms with van der Waals surface area (Å²) < 4.78 is 0. The molecule has 5 nitrogen and oxygen atoms in total. The minimum absolute atomic E-state index is 0.131. The van der Waals surface area contributed by atoms with Crippen LogP contribution < -0.4 is 10.2 Å². The van der Waals surface area contributed by atoms with Gasteiger partial charge in [-0.1, -0.05) is 0 Å². The van der Waals surface area contributed by atoms with E-state index in [1.807, 2.05) is 0 Å². The van der Waals surface area contributed by atoms with Gasteiger partial charge in [-0.3, -0.25) is 4.99 Å². The first-order valence-corrected chi connectivity index (χ1v) is 2.94. The molecule has 0 rings (SSSR count). The molecular formula is C6H7NO4-2. The van der Waals surface area contributed by atoms with Crippen molar-refractivity contribution in [1.82, 2.24) is 0 Å². The molecule has 0 aromatic rings. The standard InChI is InChI=1S/C6H9NO4/c1-7-4(6(10)11)2-3-5(8)9/h4H,1-3H2,(H,8,9)(H,10,11)/p-2. The Balaban J connectivity index is 3.79. The summed E-state index contributed by atoms with van der Waals surface area (Å²) in [6, 6.07) is -1.15. The van der Waals surface area contributed by atoms with Gasteiger partial charge in [0.25, 0.3) is 0 Å². The Kier molecular flexibility index (Phi) is 3.87. The zero-order chi connectivity index (χ0) is 8.85. The molecule has 0 heterocycles. The number of hydrogen-bond acceptors (Lipinski definition) is 5. The van der Waals surface area contributed by atoms with Gasteiger partial charge in [0.15, 0.2) is 0 Å². The maximum Gasteiger partial charge on any atom is 0.0889 e. The van der Waals surface area contributed by atoms with E-state index in [9.17, 15) is 19.8 Å². The second-order valence-corrected chi connectivity index (χ2v) is 1.93. The first-order valence-electron chi connectivity index (χ1n) is 2.94. The number of hydrogen-bond donors (Lipinski definition) is 0. The third kappa shape index (κ3) is 4.07. The van der Waals surface area contributed by atoms with Crippen LogP contribution in [0.2, 0.25) is 0 Å². The van der Waals surface area contributed by atoms with Crippen molar-refractivity contribution < 1.29 is 19.8 Å². The molecule has 0 radical (unpaired) electrons. The Morgan fingerprint density at radius 2 is 2.00 bits per heavy atom. The van der Waals surface area contributed by atoms with E-state index in [0.717, 1.165) is 0 Å². The molecule has 62 valence electrons. The minimum Gasteiger partial charge on any atom is -0.550 e. The van der Waals surface area contributed by atoms with Crippen LogP contribution in [0.15, 0.2) is 4.99 Å². The molecule has 0 aliphatic heterocycles. The molecule has 0 saturated carbocycles. The first-order chi connectivity index (χ1) is 5.07. The summed E-state index contributed by atoms with van der Waals surface area (Å²) in [5.41, 5.74) is 0. The first kappa shape index (κ1) is 9.61. The van der Waals surface area contributed by atoms with Crippen LogP contribution in [0.4, 0.5) is 0 Å². The van der Waals surface area contributed by atoms with E-state index in [4.69, 9.17) is 0 Å². The van der Waals surface area contributed by atoms with Crippen molar-refractivity contribution in [2.75, 3.05) is 0 Å². The van der Waals surface area contributed by atoms with Crippen LogP contribution in [0.25, 0.3) is 0 Å². The molecule has 1 atom stereocenters. The number of rotatable bonds is 5. The molecule has 0 aromatic heterocycles. The number of aliphatic carboxylic acids is 2. The summed E-state index contributed by atoms with van der Waals surface area (Å²) in [4.78, 5) is 23.1. The predicted molar refractivity (Wildman–Crippen MR) is 32.6 cm³/mol. The zero-order valence-corrected chi connectivity index (χ0v) is 5.78. The highest BCUT2D eigenvalue weighted by atomic mass is 16.4. The van der Waals surface area contributed by atoms with Crippen molar-refractivity contribution in [3.63, 3.8) is 0 Å². The average Bonchev–Trinajstić information content (AvgIpc) is 1.87. The molecule has 0 bridgehead atoms. The zero-order valence-electron chi connectivity index (χ0n) is 5.78. The molecular weight excluding hydrogens is 150 g/mol. The quantitative estimate of drug-likeness (QED) is 0.407. The summed E-state index contributed by atoms with van der Waals surface area (Å²) in [7, 11) is 0. The van der Waals surface area contributed by atoms with Crippen LogP contribution in [-0.4, -0.2) is 24.7 Å². The van der Waals surface area contributed by atoms with Crippen molar-refractivity contribution in [3.8, 4) is 0 Å². The third-order valence-electron chi connectivity index (χ3n) is 1.11. The molecule has 0 fully saturated rings. The van der Waals surface area contributed by atoms with Gasteiger partial charge in [-0.15, -0.1) is 0 Å². The minimum atomic E-state index is -1.42. The van der Waals surface area contributed by atoms with Gasteiger partial charge in [0, 0.05) is 5.97 Å². The highest BCUT2D eigenvalue weighted by molar-refractivity contribution is 5.73. The smallest absolute Gasteiger partial charge is 0.0889 e. The van der Waals surface area contributed by atoms with Crippen LogP contribution in [0, 0.1) is 0 Å². The fraction of sp³-hybridized carbons (Fsp3) is 0.500. The Labute approximate surface area is 63.4 Å². The lowest BCUT2D eigenvalue weighted by molar-refractivity contribution is -0.309. The van der Waals surface area contributed by atoms with Gasteiger partial charge in [0.2, 0.25) is 0 Å². The highest BCUT2D eigenvalue weighted by Gasteiger charge is 2.05. The van der Waals surface area contributed by atoms with Crippen LogP contribution in [0.3, 0.4) is 0 Å². The van der Waals surface area contributed by atoms with Gasteiger partial charge in [0.1, 0.15) is 0 Å². The molecule has 0 amide bonds. The fourth-order valence-electron chi connectivity index (χ4n) is 0.538. The van der Waals surface area contributed by atoms with Crippen molar-refractivity contribution in [1.29, 1.82) is 0 Å². The summed E-state index contributed by atoms with van der Waals surface area (Å²) in [6.45, 7) is 2.98. The Morgan fingerprint density at radius 1 is 1.45 bits per heavy atom. The van der Waals surface area contributed by atoms with Crippen LogP contribution >= 0.6 is 0 Å². The van der Waals surface area contributed by atoms with Crippen LogP contribution in [0.1, 0.15) is 12.8 Å². The van der Waals surface area contributed by atoms with Crippen LogP contribution in [-0.2, 0) is 9.59 Å². The molecule has 0 saturated heterocycles. The lowest BCUT2D eigenvalue weighted by atomic mass is 10.2. The van der Waals surface area contributed by atoms with Crippen molar-refractivity contribution >= 4 is 18.7 Å². The molecule has 0 aliphatic carbocycles. The summed E-state index contributed by atoms with van der Waals surface area (Å²) in [6.07, 6.45) is -0.480. The normalized spacial score (nSPS) is 12.0. The Hall–Kier alpha value is -1.39. The van der Waals surface area contributed by atoms with Crippen molar-refractivity contribution in [2.24, 2.45) is 4.99 Å². The van der Waals surface area contributed by atoms with Gasteiger partial charge in [-0.2, -0.15) is 0 Å². The lowest BCUT2D eigenvalue weighted by Crippen LogP contribution is -2.35. The number of carboxylic acids is 2. The third-order valence-corrected chi connectivity index (χ3v) is 1.11. The van der Waals surface area contributed by atoms with E-state index >= 15 is 0 Å². The molecule has 11 heavy (non-hydrogen) atoms. The summed E-state index contributed by atoms with van der Waals surface area (Å²) >= 11 is 0. The molecule has 0 N–H and O–H groups in total. The number of carbonyl (C=O) groups excluding carboxylic acids is 2. The second-order valence-electron chi connectivity index (χ2n) is 1.93. The maximum absolute atomic E-state index is 10.1.